The first kappa shape index (κ1) is 39.8. The van der Waals surface area contributed by atoms with Crippen LogP contribution in [0.5, 0.6) is 0 Å². The van der Waals surface area contributed by atoms with Gasteiger partial charge in [-0.1, -0.05) is 148 Å². The fraction of sp³-hybridized carbons (Fsp3) is 0.226. The molecule has 65 heavy (non-hydrogen) atoms. The Kier molecular flexibility index (Phi) is 8.09. The first-order valence-electron chi connectivity index (χ1n) is 23.3. The van der Waals surface area contributed by atoms with Crippen molar-refractivity contribution in [2.75, 3.05) is 0 Å². The average molecular weight is 847 g/mol. The van der Waals surface area contributed by atoms with E-state index in [1.807, 2.05) is 0 Å². The van der Waals surface area contributed by atoms with Gasteiger partial charge < -0.3 is 9.13 Å². The van der Waals surface area contributed by atoms with E-state index in [1.54, 1.807) is 12.1 Å². The molecule has 0 spiro atoms. The predicted molar refractivity (Wildman–Crippen MR) is 273 cm³/mol. The highest BCUT2D eigenvalue weighted by molar-refractivity contribution is 6.11. The predicted octanol–water partition coefficient (Wildman–Crippen LogP) is 16.9. The lowest BCUT2D eigenvalue weighted by atomic mass is 9.77. The van der Waals surface area contributed by atoms with E-state index in [0.29, 0.717) is 0 Å². The molecule has 0 aliphatic heterocycles. The summed E-state index contributed by atoms with van der Waals surface area (Å²) in [6.45, 7) is 23.0. The molecular formula is C62H55FN2. The lowest BCUT2D eigenvalue weighted by Crippen LogP contribution is -2.17. The van der Waals surface area contributed by atoms with E-state index in [0.717, 1.165) is 44.7 Å². The van der Waals surface area contributed by atoms with E-state index in [2.05, 4.69) is 218 Å². The number of fused-ring (bicyclic) bond motifs is 12. The third-order valence-corrected chi connectivity index (χ3v) is 15.3. The third-order valence-electron chi connectivity index (χ3n) is 15.3. The smallest absolute Gasteiger partial charge is 0.124 e. The van der Waals surface area contributed by atoms with Gasteiger partial charge in [0.25, 0.3) is 0 Å². The van der Waals surface area contributed by atoms with Gasteiger partial charge in [-0.05, 0) is 145 Å². The summed E-state index contributed by atoms with van der Waals surface area (Å²) in [6, 6.07) is 55.6. The normalized spacial score (nSPS) is 14.9. The van der Waals surface area contributed by atoms with Crippen molar-refractivity contribution in [2.24, 2.45) is 0 Å². The molecule has 0 saturated heterocycles. The minimum absolute atomic E-state index is 0.0191. The van der Waals surface area contributed by atoms with Crippen molar-refractivity contribution >= 4 is 43.6 Å². The molecule has 0 N–H and O–H groups in total. The van der Waals surface area contributed by atoms with Gasteiger partial charge in [-0.25, -0.2) is 4.39 Å². The van der Waals surface area contributed by atoms with Crippen LogP contribution in [0.4, 0.5) is 4.39 Å². The molecule has 0 unspecified atom stereocenters. The molecular weight excluding hydrogens is 792 g/mol. The molecule has 2 aliphatic rings. The minimum atomic E-state index is -0.385. The Hall–Kier alpha value is -6.71. The maximum atomic E-state index is 16.5. The Morgan fingerprint density at radius 3 is 1.58 bits per heavy atom. The van der Waals surface area contributed by atoms with Crippen LogP contribution in [-0.4, -0.2) is 9.13 Å². The number of aromatic nitrogens is 2. The molecule has 3 heteroatoms. The Morgan fingerprint density at radius 1 is 0.415 bits per heavy atom. The standard InChI is InChI=1S/C62H55FN2/c1-59(2,3)37-23-28-54-46(31-37)43-16-11-13-19-52(43)64(54)40-25-27-42-41-26-22-36(30-50(41)61(7,8)51(42)35-40)45-33-39(63)34-48-57-49(62(9,10)58(45)48)18-15-21-56(57)65-53-20-14-12-17-44(53)47-32-38(60(4,5)6)24-29-55(47)65/h11-35H,1-10H3. The lowest BCUT2D eigenvalue weighted by molar-refractivity contribution is 0.591. The summed E-state index contributed by atoms with van der Waals surface area (Å²) >= 11 is 0. The van der Waals surface area contributed by atoms with Crippen molar-refractivity contribution in [3.63, 3.8) is 0 Å². The summed E-state index contributed by atoms with van der Waals surface area (Å²) in [7, 11) is 0. The average Bonchev–Trinajstić information content (AvgIpc) is 3.93. The van der Waals surface area contributed by atoms with Crippen LogP contribution in [-0.2, 0) is 21.7 Å². The Balaban J connectivity index is 1.000. The molecule has 2 nitrogen and oxygen atoms in total. The molecule has 0 bridgehead atoms. The molecule has 0 fully saturated rings. The number of halogens is 1. The summed E-state index contributed by atoms with van der Waals surface area (Å²) in [5, 5.41) is 5.01. The Bertz CT molecular complexity index is 3680. The van der Waals surface area contributed by atoms with Crippen LogP contribution in [0.2, 0.25) is 0 Å². The van der Waals surface area contributed by atoms with Gasteiger partial charge >= 0.3 is 0 Å². The van der Waals surface area contributed by atoms with Gasteiger partial charge in [0.15, 0.2) is 0 Å². The molecule has 0 saturated carbocycles. The van der Waals surface area contributed by atoms with E-state index in [4.69, 9.17) is 0 Å². The summed E-state index contributed by atoms with van der Waals surface area (Å²) in [6.07, 6.45) is 0. The van der Waals surface area contributed by atoms with Crippen LogP contribution < -0.4 is 0 Å². The van der Waals surface area contributed by atoms with Crippen molar-refractivity contribution in [1.29, 1.82) is 0 Å². The largest absolute Gasteiger partial charge is 0.309 e. The van der Waals surface area contributed by atoms with Crippen molar-refractivity contribution in [2.45, 2.75) is 90.9 Å². The third kappa shape index (κ3) is 5.57. The molecule has 10 aromatic rings. The maximum Gasteiger partial charge on any atom is 0.124 e. The number of benzene rings is 8. The van der Waals surface area contributed by atoms with Gasteiger partial charge in [-0.3, -0.25) is 0 Å². The second kappa shape index (κ2) is 13.2. The topological polar surface area (TPSA) is 9.86 Å². The van der Waals surface area contributed by atoms with Crippen LogP contribution in [0.15, 0.2) is 152 Å². The molecule has 0 atom stereocenters. The monoisotopic (exact) mass is 846 g/mol. The molecule has 0 radical (unpaired) electrons. The highest BCUT2D eigenvalue weighted by atomic mass is 19.1. The number of rotatable bonds is 3. The second-order valence-corrected chi connectivity index (χ2v) is 22.0. The highest BCUT2D eigenvalue weighted by Crippen LogP contribution is 2.57. The van der Waals surface area contributed by atoms with Crippen LogP contribution in [0, 0.1) is 5.82 Å². The van der Waals surface area contributed by atoms with Crippen molar-refractivity contribution in [3.05, 3.63) is 191 Å². The fourth-order valence-electron chi connectivity index (χ4n) is 11.8. The number of hydrogen-bond acceptors (Lipinski definition) is 0. The zero-order valence-corrected chi connectivity index (χ0v) is 39.2. The van der Waals surface area contributed by atoms with E-state index in [9.17, 15) is 0 Å². The van der Waals surface area contributed by atoms with Crippen molar-refractivity contribution in [3.8, 4) is 44.8 Å². The van der Waals surface area contributed by atoms with Crippen molar-refractivity contribution in [1.82, 2.24) is 9.13 Å². The molecule has 8 aromatic carbocycles. The number of nitrogens with zero attached hydrogens (tertiary/aromatic N) is 2. The molecule has 320 valence electrons. The molecule has 12 rings (SSSR count). The van der Waals surface area contributed by atoms with Crippen molar-refractivity contribution < 1.29 is 4.39 Å². The minimum Gasteiger partial charge on any atom is -0.309 e. The van der Waals surface area contributed by atoms with E-state index in [-0.39, 0.29) is 27.5 Å². The van der Waals surface area contributed by atoms with Gasteiger partial charge in [-0.2, -0.15) is 0 Å². The van der Waals surface area contributed by atoms with Gasteiger partial charge in [-0.15, -0.1) is 0 Å². The van der Waals surface area contributed by atoms with Crippen LogP contribution in [0.3, 0.4) is 0 Å². The maximum absolute atomic E-state index is 16.5. The van der Waals surface area contributed by atoms with E-state index in [1.165, 1.54) is 77.1 Å². The van der Waals surface area contributed by atoms with Gasteiger partial charge in [0.1, 0.15) is 5.82 Å². The first-order valence-corrected chi connectivity index (χ1v) is 23.3. The summed E-state index contributed by atoms with van der Waals surface area (Å²) in [5.74, 6) is -0.220. The zero-order chi connectivity index (χ0) is 45.1. The fourth-order valence-corrected chi connectivity index (χ4v) is 11.8. The number of para-hydroxylation sites is 2. The summed E-state index contributed by atoms with van der Waals surface area (Å²) < 4.78 is 21.4. The summed E-state index contributed by atoms with van der Waals surface area (Å²) in [4.78, 5) is 0. The van der Waals surface area contributed by atoms with Crippen LogP contribution in [0.1, 0.15) is 103 Å². The first-order chi connectivity index (χ1) is 30.9. The SMILES string of the molecule is CC(C)(C)c1ccc2c(c1)c1ccccc1n2-c1ccc2c(c1)C(C)(C)c1cc(-c3cc(F)cc4c3C(C)(C)c3cccc(-n5c6ccccc6c6cc(C(C)(C)C)ccc65)c3-4)ccc1-2. The second-order valence-electron chi connectivity index (χ2n) is 22.0. The highest BCUT2D eigenvalue weighted by Gasteiger charge is 2.41. The molecule has 0 amide bonds. The van der Waals surface area contributed by atoms with Gasteiger partial charge in [0, 0.05) is 43.6 Å². The van der Waals surface area contributed by atoms with Crippen LogP contribution >= 0.6 is 0 Å². The van der Waals surface area contributed by atoms with Gasteiger partial charge in [0.05, 0.1) is 27.8 Å². The van der Waals surface area contributed by atoms with E-state index < -0.39 is 0 Å². The Labute approximate surface area is 382 Å². The Morgan fingerprint density at radius 2 is 0.954 bits per heavy atom. The molecule has 2 aromatic heterocycles. The zero-order valence-electron chi connectivity index (χ0n) is 39.2. The van der Waals surface area contributed by atoms with Crippen LogP contribution in [0.25, 0.3) is 88.4 Å². The molecule has 2 aliphatic carbocycles. The lowest BCUT2D eigenvalue weighted by Gasteiger charge is -2.26. The quantitative estimate of drug-likeness (QED) is 0.168. The van der Waals surface area contributed by atoms with Gasteiger partial charge in [0.2, 0.25) is 0 Å². The summed E-state index contributed by atoms with van der Waals surface area (Å²) in [5.41, 5.74) is 20.6. The van der Waals surface area contributed by atoms with E-state index >= 15 is 4.39 Å². The number of hydrogen-bond donors (Lipinski definition) is 0. The molecule has 2 heterocycles.